The summed E-state index contributed by atoms with van der Waals surface area (Å²) in [6.07, 6.45) is 5.44. The average Bonchev–Trinajstić information content (AvgIpc) is 3.35. The number of hydrogen-bond donors (Lipinski definition) is 3. The van der Waals surface area contributed by atoms with Gasteiger partial charge in [-0.3, -0.25) is 4.79 Å². The van der Waals surface area contributed by atoms with E-state index in [0.29, 0.717) is 42.5 Å². The van der Waals surface area contributed by atoms with E-state index >= 15 is 0 Å². The standard InChI is InChI=1S/C32H31N5O3/c1-37(2)19-9-16-27(39)36-25-14-8-13-24(20-25)28-29-31(33-18-17-22-10-6-7-15-26(22)38)34-21-35-32(29)40-30(28)23-11-4-3-5-12-23/h3-16,20-21,38H,17-19H2,1-2H3,(H,36,39)(H,33,34,35)/b16-9+. The van der Waals surface area contributed by atoms with E-state index < -0.39 is 0 Å². The topological polar surface area (TPSA) is 104 Å². The lowest BCUT2D eigenvalue weighted by Gasteiger charge is -2.10. The molecule has 0 atom stereocenters. The largest absolute Gasteiger partial charge is 0.508 e. The van der Waals surface area contributed by atoms with Crippen molar-refractivity contribution in [2.45, 2.75) is 6.42 Å². The number of furan rings is 1. The van der Waals surface area contributed by atoms with E-state index in [4.69, 9.17) is 4.42 Å². The van der Waals surface area contributed by atoms with E-state index in [9.17, 15) is 9.90 Å². The number of phenolic OH excluding ortho intramolecular Hbond substituents is 1. The molecule has 0 saturated heterocycles. The molecule has 2 aromatic heterocycles. The van der Waals surface area contributed by atoms with Crippen molar-refractivity contribution in [1.29, 1.82) is 0 Å². The van der Waals surface area contributed by atoms with Crippen molar-refractivity contribution in [2.75, 3.05) is 37.8 Å². The molecule has 0 radical (unpaired) electrons. The molecule has 0 unspecified atom stereocenters. The molecule has 0 aliphatic heterocycles. The highest BCUT2D eigenvalue weighted by Crippen LogP contribution is 2.43. The van der Waals surface area contributed by atoms with E-state index in [0.717, 1.165) is 27.6 Å². The number of para-hydroxylation sites is 1. The van der Waals surface area contributed by atoms with Gasteiger partial charge < -0.3 is 25.1 Å². The maximum Gasteiger partial charge on any atom is 0.248 e. The first-order chi connectivity index (χ1) is 19.5. The lowest BCUT2D eigenvalue weighted by atomic mass is 9.98. The Morgan fingerprint density at radius 3 is 2.55 bits per heavy atom. The second-order valence-corrected chi connectivity index (χ2v) is 9.61. The number of carbonyl (C=O) groups excluding carboxylic acids is 1. The van der Waals surface area contributed by atoms with Crippen LogP contribution in [0.1, 0.15) is 5.56 Å². The van der Waals surface area contributed by atoms with Crippen LogP contribution >= 0.6 is 0 Å². The summed E-state index contributed by atoms with van der Waals surface area (Å²) in [6.45, 7) is 1.22. The molecule has 0 spiro atoms. The van der Waals surface area contributed by atoms with Crippen molar-refractivity contribution in [1.82, 2.24) is 14.9 Å². The molecule has 5 aromatic rings. The van der Waals surface area contributed by atoms with Crippen LogP contribution in [0.25, 0.3) is 33.6 Å². The van der Waals surface area contributed by atoms with Crippen LogP contribution in [0.15, 0.2) is 102 Å². The van der Waals surface area contributed by atoms with Crippen LogP contribution in [0.4, 0.5) is 11.5 Å². The van der Waals surface area contributed by atoms with E-state index in [2.05, 4.69) is 20.6 Å². The predicted molar refractivity (Wildman–Crippen MR) is 159 cm³/mol. The molecule has 8 heteroatoms. The molecule has 0 bridgehead atoms. The summed E-state index contributed by atoms with van der Waals surface area (Å²) in [5.41, 5.74) is 4.54. The second-order valence-electron chi connectivity index (χ2n) is 9.61. The lowest BCUT2D eigenvalue weighted by Crippen LogP contribution is -2.12. The minimum atomic E-state index is -0.200. The Balaban J connectivity index is 1.52. The summed E-state index contributed by atoms with van der Waals surface area (Å²) in [4.78, 5) is 23.5. The van der Waals surface area contributed by atoms with Gasteiger partial charge in [0.2, 0.25) is 11.6 Å². The summed E-state index contributed by atoms with van der Waals surface area (Å²) in [7, 11) is 3.90. The van der Waals surface area contributed by atoms with Crippen molar-refractivity contribution in [3.05, 3.63) is 103 Å². The van der Waals surface area contributed by atoms with Gasteiger partial charge in [-0.2, -0.15) is 0 Å². The van der Waals surface area contributed by atoms with Gasteiger partial charge in [0.1, 0.15) is 23.7 Å². The number of benzene rings is 3. The maximum atomic E-state index is 12.5. The zero-order valence-corrected chi connectivity index (χ0v) is 22.5. The molecule has 2 heterocycles. The monoisotopic (exact) mass is 533 g/mol. The maximum absolute atomic E-state index is 12.5. The molecule has 5 rings (SSSR count). The number of fused-ring (bicyclic) bond motifs is 1. The Hall–Kier alpha value is -4.95. The van der Waals surface area contributed by atoms with Gasteiger partial charge in [-0.1, -0.05) is 66.7 Å². The third-order valence-electron chi connectivity index (χ3n) is 6.36. The molecule has 8 nitrogen and oxygen atoms in total. The first-order valence-corrected chi connectivity index (χ1v) is 13.1. The van der Waals surface area contributed by atoms with Gasteiger partial charge in [-0.15, -0.1) is 0 Å². The zero-order valence-electron chi connectivity index (χ0n) is 22.5. The predicted octanol–water partition coefficient (Wildman–Crippen LogP) is 5.97. The van der Waals surface area contributed by atoms with Crippen molar-refractivity contribution < 1.29 is 14.3 Å². The summed E-state index contributed by atoms with van der Waals surface area (Å²) in [5, 5.41) is 17.3. The van der Waals surface area contributed by atoms with Crippen molar-refractivity contribution in [3.8, 4) is 28.2 Å². The highest BCUT2D eigenvalue weighted by Gasteiger charge is 2.22. The molecule has 1 amide bonds. The molecule has 3 aromatic carbocycles. The molecule has 0 saturated carbocycles. The third kappa shape index (κ3) is 6.19. The third-order valence-corrected chi connectivity index (χ3v) is 6.36. The van der Waals surface area contributed by atoms with Gasteiger partial charge in [-0.25, -0.2) is 9.97 Å². The van der Waals surface area contributed by atoms with Crippen LogP contribution < -0.4 is 10.6 Å². The van der Waals surface area contributed by atoms with Gasteiger partial charge in [0.05, 0.1) is 5.39 Å². The van der Waals surface area contributed by atoms with Gasteiger partial charge in [-0.05, 0) is 49.8 Å². The van der Waals surface area contributed by atoms with Gasteiger partial charge in [0, 0.05) is 36.0 Å². The molecular formula is C32H31N5O3. The van der Waals surface area contributed by atoms with Crippen LogP contribution in [-0.4, -0.2) is 53.1 Å². The summed E-state index contributed by atoms with van der Waals surface area (Å²) in [6, 6.07) is 24.8. The number of nitrogens with one attached hydrogen (secondary N) is 2. The number of rotatable bonds is 10. The van der Waals surface area contributed by atoms with Crippen molar-refractivity contribution in [3.63, 3.8) is 0 Å². The van der Waals surface area contributed by atoms with Crippen LogP contribution in [0, 0.1) is 0 Å². The van der Waals surface area contributed by atoms with Crippen molar-refractivity contribution in [2.24, 2.45) is 0 Å². The Morgan fingerprint density at radius 1 is 0.975 bits per heavy atom. The summed E-state index contributed by atoms with van der Waals surface area (Å²) < 4.78 is 6.33. The smallest absolute Gasteiger partial charge is 0.248 e. The van der Waals surface area contributed by atoms with Crippen LogP contribution in [0.3, 0.4) is 0 Å². The number of phenols is 1. The molecule has 40 heavy (non-hydrogen) atoms. The number of nitrogens with zero attached hydrogens (tertiary/aromatic N) is 3. The van der Waals surface area contributed by atoms with E-state index in [1.54, 1.807) is 12.1 Å². The normalized spacial score (nSPS) is 11.4. The molecular weight excluding hydrogens is 502 g/mol. The molecule has 0 fully saturated rings. The molecule has 202 valence electrons. The Kier molecular flexibility index (Phi) is 8.18. The first-order valence-electron chi connectivity index (χ1n) is 13.1. The Morgan fingerprint density at radius 2 is 1.75 bits per heavy atom. The SMILES string of the molecule is CN(C)C/C=C/C(=O)Nc1cccc(-c2c(-c3ccccc3)oc3ncnc(NCCc4ccccc4O)c23)c1. The second kappa shape index (κ2) is 12.3. The number of aromatic hydroxyl groups is 1. The number of likely N-dealkylation sites (N-methyl/N-ethyl adjacent to an activating group) is 1. The summed E-state index contributed by atoms with van der Waals surface area (Å²) in [5.74, 6) is 1.36. The van der Waals surface area contributed by atoms with E-state index in [1.165, 1.54) is 12.4 Å². The first kappa shape index (κ1) is 26.6. The highest BCUT2D eigenvalue weighted by atomic mass is 16.3. The quantitative estimate of drug-likeness (QED) is 0.190. The minimum absolute atomic E-state index is 0.200. The number of aromatic nitrogens is 2. The van der Waals surface area contributed by atoms with Crippen LogP contribution in [-0.2, 0) is 11.2 Å². The number of hydrogen-bond acceptors (Lipinski definition) is 7. The van der Waals surface area contributed by atoms with Gasteiger partial charge in [0.25, 0.3) is 0 Å². The van der Waals surface area contributed by atoms with Crippen molar-refractivity contribution >= 4 is 28.5 Å². The summed E-state index contributed by atoms with van der Waals surface area (Å²) >= 11 is 0. The lowest BCUT2D eigenvalue weighted by molar-refractivity contribution is -0.111. The van der Waals surface area contributed by atoms with Crippen LogP contribution in [0.5, 0.6) is 5.75 Å². The van der Waals surface area contributed by atoms with Gasteiger partial charge in [0.15, 0.2) is 0 Å². The molecule has 0 aliphatic carbocycles. The number of amides is 1. The molecule has 3 N–H and O–H groups in total. The Bertz CT molecular complexity index is 1640. The zero-order chi connectivity index (χ0) is 27.9. The fourth-order valence-corrected chi connectivity index (χ4v) is 4.48. The Labute approximate surface area is 233 Å². The highest BCUT2D eigenvalue weighted by molar-refractivity contribution is 6.07. The minimum Gasteiger partial charge on any atom is -0.508 e. The van der Waals surface area contributed by atoms with E-state index in [1.807, 2.05) is 91.8 Å². The fraction of sp³-hybridized carbons (Fsp3) is 0.156. The number of anilines is 2. The van der Waals surface area contributed by atoms with Crippen LogP contribution in [0.2, 0.25) is 0 Å². The fourth-order valence-electron chi connectivity index (χ4n) is 4.48. The molecule has 0 aliphatic rings. The number of carbonyl (C=O) groups is 1. The van der Waals surface area contributed by atoms with Gasteiger partial charge >= 0.3 is 0 Å². The average molecular weight is 534 g/mol. The van der Waals surface area contributed by atoms with E-state index in [-0.39, 0.29) is 11.7 Å².